The Bertz CT molecular complexity index is 2160. The summed E-state index contributed by atoms with van der Waals surface area (Å²) in [5, 5.41) is 1.13. The summed E-state index contributed by atoms with van der Waals surface area (Å²) in [7, 11) is 0. The number of rotatable bonds is 8. The number of imidazole rings is 2. The predicted octanol–water partition coefficient (Wildman–Crippen LogP) is 9.09. The molecule has 0 saturated carbocycles. The second-order valence-corrected chi connectivity index (χ2v) is 12.5. The molecule has 244 valence electrons. The van der Waals surface area contributed by atoms with Gasteiger partial charge in [0, 0.05) is 23.0 Å². The van der Waals surface area contributed by atoms with Crippen molar-refractivity contribution in [3.8, 4) is 0 Å². The Morgan fingerprint density at radius 2 is 0.979 bits per heavy atom. The van der Waals surface area contributed by atoms with E-state index < -0.39 is 19.5 Å². The van der Waals surface area contributed by atoms with Crippen molar-refractivity contribution in [2.24, 2.45) is 0 Å². The van der Waals surface area contributed by atoms with Gasteiger partial charge in [0.05, 0.1) is 43.3 Å². The van der Waals surface area contributed by atoms with Crippen molar-refractivity contribution in [2.75, 3.05) is 26.2 Å². The second kappa shape index (κ2) is 15.7. The van der Waals surface area contributed by atoms with Gasteiger partial charge in [0.25, 0.3) is 0 Å². The molecular formula is C38H41Cl3N6. The van der Waals surface area contributed by atoms with E-state index in [-0.39, 0.29) is 5.82 Å². The van der Waals surface area contributed by atoms with Crippen molar-refractivity contribution in [1.29, 1.82) is 1.17 Å². The Morgan fingerprint density at radius 3 is 1.49 bits per heavy atom. The molecule has 0 radical (unpaired) electrons. The number of hydrogen-bond donors (Lipinski definition) is 0. The third-order valence-corrected chi connectivity index (χ3v) is 8.79. The number of hydrogen-bond acceptors (Lipinski definition) is 4. The molecule has 4 aromatic carbocycles. The molecule has 0 N–H and O–H groups in total. The molecule has 0 unspecified atom stereocenters. The molecule has 0 aliphatic carbocycles. The minimum Gasteiger partial charge on any atom is -0.322 e. The maximum absolute atomic E-state index is 8.83. The van der Waals surface area contributed by atoms with Gasteiger partial charge >= 0.3 is 0 Å². The van der Waals surface area contributed by atoms with Gasteiger partial charge in [0.15, 0.2) is 0 Å². The highest BCUT2D eigenvalue weighted by molar-refractivity contribution is 6.30. The lowest BCUT2D eigenvalue weighted by atomic mass is 10.2. The maximum atomic E-state index is 8.83. The van der Waals surface area contributed by atoms with Crippen LogP contribution in [0.1, 0.15) is 56.7 Å². The standard InChI is InChI=1S/2C19H20ClN3.ClH/c2*20-16-9-7-15(8-10-16)13-23-18-6-2-1-5-17(18)21-19(23)14-22-11-3-4-12-22;/h2*1-2,5-10H,3-4,11-14H2;1H/i13D2,14D2;13D2;/hD. The van der Waals surface area contributed by atoms with E-state index in [0.29, 0.717) is 51.8 Å². The van der Waals surface area contributed by atoms with Crippen LogP contribution in [-0.2, 0) is 26.0 Å². The number of halogens is 3. The van der Waals surface area contributed by atoms with E-state index in [2.05, 4.69) is 22.2 Å². The maximum Gasteiger partial charge on any atom is 0.147 e. The first-order valence-electron chi connectivity index (χ1n) is 19.2. The van der Waals surface area contributed by atoms with Crippen LogP contribution in [0.4, 0.5) is 0 Å². The van der Waals surface area contributed by atoms with E-state index in [4.69, 9.17) is 37.6 Å². The van der Waals surface area contributed by atoms with Gasteiger partial charge in [-0.1, -0.05) is 71.7 Å². The normalized spacial score (nSPS) is 18.1. The molecule has 8 rings (SSSR count). The molecule has 0 bridgehead atoms. The lowest BCUT2D eigenvalue weighted by Crippen LogP contribution is -2.21. The highest BCUT2D eigenvalue weighted by Gasteiger charge is 2.19. The molecule has 2 fully saturated rings. The second-order valence-electron chi connectivity index (χ2n) is 11.6. The number of benzene rings is 4. The van der Waals surface area contributed by atoms with Crippen LogP contribution in [0, 0.1) is 0 Å². The molecule has 2 aliphatic heterocycles. The molecule has 47 heavy (non-hydrogen) atoms. The van der Waals surface area contributed by atoms with E-state index in [1.807, 2.05) is 36.4 Å². The summed E-state index contributed by atoms with van der Waals surface area (Å²) in [4.78, 5) is 13.3. The van der Waals surface area contributed by atoms with Crippen molar-refractivity contribution < 1.29 is 8.22 Å². The van der Waals surface area contributed by atoms with E-state index in [1.54, 1.807) is 70.1 Å². The number of aromatic nitrogens is 4. The molecule has 0 spiro atoms. The van der Waals surface area contributed by atoms with Crippen LogP contribution >= 0.6 is 35.5 Å². The van der Waals surface area contributed by atoms with Gasteiger partial charge in [-0.05, 0) is 112 Å². The fourth-order valence-electron chi connectivity index (χ4n) is 5.94. The monoisotopic (exact) mass is 693 g/mol. The number of likely N-dealkylation sites (tertiary alicyclic amines) is 2. The summed E-state index contributed by atoms with van der Waals surface area (Å²) in [6.45, 7) is -1.50. The summed E-state index contributed by atoms with van der Waals surface area (Å²) in [6, 6.07) is 28.4. The van der Waals surface area contributed by atoms with Crippen molar-refractivity contribution in [3.63, 3.8) is 0 Å². The van der Waals surface area contributed by atoms with Gasteiger partial charge in [-0.25, -0.2) is 9.97 Å². The summed E-state index contributed by atoms with van der Waals surface area (Å²) >= 11 is 15.8. The van der Waals surface area contributed by atoms with Crippen LogP contribution in [0.25, 0.3) is 22.1 Å². The zero-order valence-electron chi connectivity index (χ0n) is 32.9. The first-order valence-corrected chi connectivity index (χ1v) is 16.6. The highest BCUT2D eigenvalue weighted by Crippen LogP contribution is 2.23. The van der Waals surface area contributed by atoms with Gasteiger partial charge in [0.1, 0.15) is 12.8 Å². The van der Waals surface area contributed by atoms with Crippen LogP contribution in [0.15, 0.2) is 97.1 Å². The Hall–Kier alpha value is -3.39. The van der Waals surface area contributed by atoms with Crippen molar-refractivity contribution in [3.05, 3.63) is 130 Å². The van der Waals surface area contributed by atoms with Crippen LogP contribution in [-0.4, -0.2) is 56.3 Å². The predicted molar refractivity (Wildman–Crippen MR) is 197 cm³/mol. The lowest BCUT2D eigenvalue weighted by Gasteiger charge is -2.16. The van der Waals surface area contributed by atoms with E-state index >= 15 is 0 Å². The molecule has 0 atom stereocenters. The fraction of sp³-hybridized carbons (Fsp3) is 0.316. The van der Waals surface area contributed by atoms with Crippen LogP contribution in [0.5, 0.6) is 0 Å². The molecule has 0 amide bonds. The third kappa shape index (κ3) is 8.19. The quantitative estimate of drug-likeness (QED) is 0.159. The largest absolute Gasteiger partial charge is 0.322 e. The molecule has 2 aliphatic rings. The molecular weight excluding hydrogens is 647 g/mol. The van der Waals surface area contributed by atoms with E-state index in [9.17, 15) is 0 Å². The van der Waals surface area contributed by atoms with Gasteiger partial charge in [0.2, 0.25) is 0 Å². The number of fused-ring (bicyclic) bond motifs is 2. The summed E-state index contributed by atoms with van der Waals surface area (Å²) in [5.74, 6) is 0.855. The minimum absolute atomic E-state index is 0.0885. The zero-order chi connectivity index (χ0) is 38.7. The Kier molecular flexibility index (Phi) is 8.54. The molecule has 2 aromatic heterocycles. The van der Waals surface area contributed by atoms with Gasteiger partial charge in [-0.3, -0.25) is 9.80 Å². The molecule has 9 heteroatoms. The van der Waals surface area contributed by atoms with Gasteiger partial charge < -0.3 is 9.13 Å². The average Bonchev–Trinajstić information content (AvgIpc) is 4.00. The van der Waals surface area contributed by atoms with E-state index in [0.717, 1.165) is 42.8 Å². The van der Waals surface area contributed by atoms with Crippen LogP contribution in [0.3, 0.4) is 0 Å². The van der Waals surface area contributed by atoms with Gasteiger partial charge in [-0.2, -0.15) is 0 Å². The summed E-state index contributed by atoms with van der Waals surface area (Å²) < 4.78 is 61.1. The Morgan fingerprint density at radius 1 is 0.553 bits per heavy atom. The Labute approximate surface area is 302 Å². The van der Waals surface area contributed by atoms with Crippen molar-refractivity contribution in [1.82, 2.24) is 28.9 Å². The van der Waals surface area contributed by atoms with Crippen molar-refractivity contribution >= 4 is 57.6 Å². The first kappa shape index (κ1) is 25.6. The van der Waals surface area contributed by atoms with Crippen LogP contribution < -0.4 is 0 Å². The molecule has 6 nitrogen and oxygen atoms in total. The van der Waals surface area contributed by atoms with E-state index in [1.165, 1.54) is 17.4 Å². The molecule has 4 heterocycles. The molecule has 2 saturated heterocycles. The smallest absolute Gasteiger partial charge is 0.147 e. The minimum atomic E-state index is -1.98. The average molecular weight is 695 g/mol. The molecule has 6 aromatic rings. The summed E-state index contributed by atoms with van der Waals surface area (Å²) in [6.07, 6.45) is 4.27. The Balaban J connectivity index is 0.000000177. The van der Waals surface area contributed by atoms with Crippen LogP contribution in [0.2, 0.25) is 10.0 Å². The number of para-hydroxylation sites is 4. The summed E-state index contributed by atoms with van der Waals surface area (Å²) in [5.41, 5.74) is 3.76. The fourth-order valence-corrected chi connectivity index (χ4v) is 6.19. The van der Waals surface area contributed by atoms with Gasteiger partial charge in [-0.15, -0.1) is 12.3 Å². The number of nitrogens with zero attached hydrogens (tertiary/aromatic N) is 6. The van der Waals surface area contributed by atoms with Crippen molar-refractivity contribution in [2.45, 2.75) is 51.7 Å². The lowest BCUT2D eigenvalue weighted by molar-refractivity contribution is 0.318. The first-order chi connectivity index (χ1) is 25.9. The third-order valence-electron chi connectivity index (χ3n) is 8.29. The topological polar surface area (TPSA) is 42.1 Å². The highest BCUT2D eigenvalue weighted by atomic mass is 35.5. The zero-order valence-corrected chi connectivity index (χ0v) is 28.2. The SMILES string of the molecule is [2H]C([2H])(c1ccc(Cl)cc1)n1c(CN2CCCC2)nc2ccccc21.[2H]C([2H])(c1nc2ccccc2n1C([2H])([2H])c1ccc(Cl)cc1)N1CCCC1.[2H]Cl.